The first-order valence-electron chi connectivity index (χ1n) is 6.83. The smallest absolute Gasteiger partial charge is 0.264 e. The Hall–Kier alpha value is -2.39. The Kier molecular flexibility index (Phi) is 5.35. The molecule has 2 N–H and O–H groups in total. The standard InChI is InChI=1S/C14H17N5O3S/c1-8-6-9(2)17-13(16-8)15-7-10-11(20)18-14(23)19(12(10)21)4-5-22-3/h6-7,21H,4-5H2,1-3H3,(H,18,20,23)/b15-7+. The first-order chi connectivity index (χ1) is 10.9. The van der Waals surface area contributed by atoms with Crippen LogP contribution in [0.2, 0.25) is 0 Å². The molecule has 0 saturated heterocycles. The van der Waals surface area contributed by atoms with E-state index >= 15 is 0 Å². The van der Waals surface area contributed by atoms with Crippen molar-refractivity contribution in [3.63, 3.8) is 0 Å². The lowest BCUT2D eigenvalue weighted by Crippen LogP contribution is -2.20. The Balaban J connectivity index is 2.44. The number of aromatic hydroxyl groups is 1. The molecule has 2 aromatic heterocycles. The third-order valence-electron chi connectivity index (χ3n) is 3.01. The van der Waals surface area contributed by atoms with E-state index in [9.17, 15) is 9.90 Å². The van der Waals surface area contributed by atoms with E-state index in [0.29, 0.717) is 13.2 Å². The van der Waals surface area contributed by atoms with E-state index in [1.807, 2.05) is 19.9 Å². The van der Waals surface area contributed by atoms with Crippen LogP contribution in [0.1, 0.15) is 17.0 Å². The Morgan fingerprint density at radius 1 is 1.43 bits per heavy atom. The number of nitrogens with zero attached hydrogens (tertiary/aromatic N) is 4. The van der Waals surface area contributed by atoms with Crippen LogP contribution in [-0.4, -0.2) is 44.6 Å². The van der Waals surface area contributed by atoms with E-state index in [1.165, 1.54) is 17.9 Å². The molecule has 0 aliphatic heterocycles. The molecule has 0 unspecified atom stereocenters. The molecule has 2 heterocycles. The Labute approximate surface area is 137 Å². The van der Waals surface area contributed by atoms with Gasteiger partial charge in [0, 0.05) is 24.7 Å². The zero-order valence-electron chi connectivity index (χ0n) is 13.0. The number of H-pyrrole nitrogens is 1. The number of nitrogens with one attached hydrogen (secondary N) is 1. The van der Waals surface area contributed by atoms with Crippen LogP contribution in [0.15, 0.2) is 15.9 Å². The highest BCUT2D eigenvalue weighted by Crippen LogP contribution is 2.13. The minimum atomic E-state index is -0.533. The molecular formula is C14H17N5O3S. The van der Waals surface area contributed by atoms with Crippen molar-refractivity contribution in [2.45, 2.75) is 20.4 Å². The van der Waals surface area contributed by atoms with Gasteiger partial charge in [-0.3, -0.25) is 14.3 Å². The number of hydrogen-bond donors (Lipinski definition) is 2. The van der Waals surface area contributed by atoms with Crippen molar-refractivity contribution in [2.24, 2.45) is 4.99 Å². The van der Waals surface area contributed by atoms with E-state index in [4.69, 9.17) is 17.0 Å². The maximum atomic E-state index is 12.0. The van der Waals surface area contributed by atoms with Gasteiger partial charge in [0.1, 0.15) is 5.56 Å². The van der Waals surface area contributed by atoms with Crippen LogP contribution in [0.3, 0.4) is 0 Å². The maximum absolute atomic E-state index is 12.0. The quantitative estimate of drug-likeness (QED) is 0.632. The van der Waals surface area contributed by atoms with Gasteiger partial charge >= 0.3 is 0 Å². The van der Waals surface area contributed by atoms with E-state index in [0.717, 1.165) is 11.4 Å². The Morgan fingerprint density at radius 3 is 2.70 bits per heavy atom. The number of rotatable bonds is 5. The van der Waals surface area contributed by atoms with E-state index in [2.05, 4.69) is 19.9 Å². The molecule has 0 aromatic carbocycles. The molecule has 0 bridgehead atoms. The zero-order chi connectivity index (χ0) is 17.0. The van der Waals surface area contributed by atoms with Crippen molar-refractivity contribution in [1.29, 1.82) is 0 Å². The molecule has 2 rings (SSSR count). The van der Waals surface area contributed by atoms with E-state index in [1.54, 1.807) is 0 Å². The fourth-order valence-electron chi connectivity index (χ4n) is 1.97. The summed E-state index contributed by atoms with van der Waals surface area (Å²) in [6.07, 6.45) is 1.22. The number of aromatic amines is 1. The van der Waals surface area contributed by atoms with Gasteiger partial charge in [-0.25, -0.2) is 15.0 Å². The summed E-state index contributed by atoms with van der Waals surface area (Å²) in [5, 5.41) is 10.3. The van der Waals surface area contributed by atoms with Gasteiger partial charge in [0.2, 0.25) is 11.8 Å². The first kappa shape index (κ1) is 17.0. The van der Waals surface area contributed by atoms with Crippen LogP contribution in [0, 0.1) is 18.6 Å². The largest absolute Gasteiger partial charge is 0.494 e. The zero-order valence-corrected chi connectivity index (χ0v) is 13.8. The second-order valence-corrected chi connectivity index (χ2v) is 5.24. The fourth-order valence-corrected chi connectivity index (χ4v) is 2.24. The first-order valence-corrected chi connectivity index (χ1v) is 7.24. The number of aromatic nitrogens is 4. The molecule has 0 spiro atoms. The second-order valence-electron chi connectivity index (χ2n) is 4.85. The normalized spacial score (nSPS) is 11.3. The SMILES string of the molecule is COCCn1c(O)c(/C=N/c2nc(C)cc(C)n2)c(=O)[nH]c1=S. The summed E-state index contributed by atoms with van der Waals surface area (Å²) in [5.74, 6) is -0.0592. The minimum absolute atomic E-state index is 0.0162. The number of ether oxygens (including phenoxy) is 1. The lowest BCUT2D eigenvalue weighted by molar-refractivity contribution is 0.182. The molecule has 9 heteroatoms. The molecule has 122 valence electrons. The topological polar surface area (TPSA) is 105 Å². The highest BCUT2D eigenvalue weighted by atomic mass is 32.1. The van der Waals surface area contributed by atoms with Gasteiger partial charge in [-0.05, 0) is 32.1 Å². The summed E-state index contributed by atoms with van der Waals surface area (Å²) in [6.45, 7) is 4.29. The van der Waals surface area contributed by atoms with Gasteiger partial charge in [0.05, 0.1) is 13.2 Å². The van der Waals surface area contributed by atoms with Gasteiger partial charge in [-0.2, -0.15) is 0 Å². The summed E-state index contributed by atoms with van der Waals surface area (Å²) in [4.78, 5) is 26.8. The van der Waals surface area contributed by atoms with Crippen LogP contribution < -0.4 is 5.56 Å². The summed E-state index contributed by atoms with van der Waals surface area (Å²) >= 11 is 5.03. The van der Waals surface area contributed by atoms with E-state index < -0.39 is 5.56 Å². The molecule has 0 radical (unpaired) electrons. The molecule has 8 nitrogen and oxygen atoms in total. The van der Waals surface area contributed by atoms with Gasteiger partial charge < -0.3 is 9.84 Å². The fraction of sp³-hybridized carbons (Fsp3) is 0.357. The Bertz CT molecular complexity index is 836. The van der Waals surface area contributed by atoms with Gasteiger partial charge in [0.25, 0.3) is 5.56 Å². The average Bonchev–Trinajstić information content (AvgIpc) is 2.45. The summed E-state index contributed by atoms with van der Waals surface area (Å²) in [7, 11) is 1.53. The van der Waals surface area contributed by atoms with Crippen molar-refractivity contribution < 1.29 is 9.84 Å². The third-order valence-corrected chi connectivity index (χ3v) is 3.33. The van der Waals surface area contributed by atoms with Crippen LogP contribution in [0.4, 0.5) is 5.95 Å². The van der Waals surface area contributed by atoms with Crippen LogP contribution in [0.5, 0.6) is 5.88 Å². The number of hydrogen-bond acceptors (Lipinski definition) is 7. The van der Waals surface area contributed by atoms with Crippen molar-refractivity contribution >= 4 is 24.4 Å². The predicted octanol–water partition coefficient (Wildman–Crippen LogP) is 1.42. The van der Waals surface area contributed by atoms with Crippen LogP contribution in [-0.2, 0) is 11.3 Å². The number of aryl methyl sites for hydroxylation is 2. The average molecular weight is 335 g/mol. The highest BCUT2D eigenvalue weighted by molar-refractivity contribution is 7.71. The highest BCUT2D eigenvalue weighted by Gasteiger charge is 2.11. The third kappa shape index (κ3) is 4.08. The molecule has 0 atom stereocenters. The molecule has 0 aliphatic rings. The predicted molar refractivity (Wildman–Crippen MR) is 88.2 cm³/mol. The monoisotopic (exact) mass is 335 g/mol. The number of aliphatic imine (C=N–C) groups is 1. The van der Waals surface area contributed by atoms with Gasteiger partial charge in [-0.15, -0.1) is 0 Å². The van der Waals surface area contributed by atoms with Gasteiger partial charge in [0.15, 0.2) is 4.77 Å². The van der Waals surface area contributed by atoms with Crippen LogP contribution >= 0.6 is 12.2 Å². The summed E-state index contributed by atoms with van der Waals surface area (Å²) in [6, 6.07) is 1.81. The lowest BCUT2D eigenvalue weighted by atomic mass is 10.3. The van der Waals surface area contributed by atoms with Crippen molar-refractivity contribution in [3.8, 4) is 5.88 Å². The molecule has 0 amide bonds. The van der Waals surface area contributed by atoms with E-state index in [-0.39, 0.29) is 22.2 Å². The molecule has 2 aromatic rings. The second kappa shape index (κ2) is 7.25. The minimum Gasteiger partial charge on any atom is -0.494 e. The van der Waals surface area contributed by atoms with Crippen molar-refractivity contribution in [2.75, 3.05) is 13.7 Å². The molecule has 0 saturated carbocycles. The molecular weight excluding hydrogens is 318 g/mol. The van der Waals surface area contributed by atoms with Gasteiger partial charge in [-0.1, -0.05) is 0 Å². The number of methoxy groups -OCH3 is 1. The molecule has 23 heavy (non-hydrogen) atoms. The Morgan fingerprint density at radius 2 is 2.09 bits per heavy atom. The molecule has 0 fully saturated rings. The summed E-state index contributed by atoms with van der Waals surface area (Å²) < 4.78 is 6.44. The van der Waals surface area contributed by atoms with Crippen molar-refractivity contribution in [3.05, 3.63) is 38.1 Å². The van der Waals surface area contributed by atoms with Crippen LogP contribution in [0.25, 0.3) is 0 Å². The lowest BCUT2D eigenvalue weighted by Gasteiger charge is -2.10. The maximum Gasteiger partial charge on any atom is 0.264 e. The molecule has 0 aliphatic carbocycles. The summed E-state index contributed by atoms with van der Waals surface area (Å²) in [5.41, 5.74) is 0.976. The van der Waals surface area contributed by atoms with Crippen molar-refractivity contribution in [1.82, 2.24) is 19.5 Å².